The van der Waals surface area contributed by atoms with Crippen molar-refractivity contribution >= 4 is 28.4 Å². The normalized spacial score (nSPS) is 19.3. The molecule has 4 aromatic rings. The Bertz CT molecular complexity index is 1380. The van der Waals surface area contributed by atoms with E-state index in [9.17, 15) is 9.59 Å². The zero-order chi connectivity index (χ0) is 23.2. The van der Waals surface area contributed by atoms with E-state index in [1.807, 2.05) is 50.6 Å². The predicted octanol–water partition coefficient (Wildman–Crippen LogP) is 3.88. The summed E-state index contributed by atoms with van der Waals surface area (Å²) in [6, 6.07) is 14.8. The highest BCUT2D eigenvalue weighted by Crippen LogP contribution is 2.52. The minimum absolute atomic E-state index is 0.0451. The molecule has 8 heteroatoms. The van der Waals surface area contributed by atoms with E-state index in [4.69, 9.17) is 10.5 Å². The molecule has 0 radical (unpaired) electrons. The molecule has 2 aromatic carbocycles. The average Bonchev–Trinajstić information content (AvgIpc) is 3.32. The quantitative estimate of drug-likeness (QED) is 0.441. The summed E-state index contributed by atoms with van der Waals surface area (Å²) in [4.78, 5) is 28.8. The summed E-state index contributed by atoms with van der Waals surface area (Å²) >= 11 is 0. The van der Waals surface area contributed by atoms with Crippen molar-refractivity contribution in [2.75, 3.05) is 5.32 Å². The van der Waals surface area contributed by atoms with E-state index in [1.54, 1.807) is 35.1 Å². The molecular weight excluding hydrogens is 418 g/mol. The molecule has 2 amide bonds. The second kappa shape index (κ2) is 7.74. The van der Waals surface area contributed by atoms with Gasteiger partial charge in [0.15, 0.2) is 0 Å². The lowest BCUT2D eigenvalue weighted by Crippen LogP contribution is -2.37. The maximum Gasteiger partial charge on any atom is 0.240 e. The van der Waals surface area contributed by atoms with Crippen molar-refractivity contribution in [3.8, 4) is 22.6 Å². The van der Waals surface area contributed by atoms with E-state index in [0.717, 1.165) is 22.0 Å². The van der Waals surface area contributed by atoms with Gasteiger partial charge in [-0.15, -0.1) is 0 Å². The molecule has 166 valence electrons. The Morgan fingerprint density at radius 2 is 1.91 bits per heavy atom. The number of anilines is 1. The monoisotopic (exact) mass is 441 g/mol. The highest BCUT2D eigenvalue weighted by atomic mass is 16.5. The van der Waals surface area contributed by atoms with Gasteiger partial charge < -0.3 is 15.8 Å². The molecule has 1 aliphatic rings. The number of nitrogens with zero attached hydrogens (tertiary/aromatic N) is 3. The molecule has 0 bridgehead atoms. The van der Waals surface area contributed by atoms with Gasteiger partial charge in [0.1, 0.15) is 16.9 Å². The first-order valence-electron chi connectivity index (χ1n) is 10.6. The van der Waals surface area contributed by atoms with Crippen LogP contribution < -0.4 is 15.8 Å². The molecule has 5 rings (SSSR count). The van der Waals surface area contributed by atoms with Crippen LogP contribution in [0.1, 0.15) is 13.3 Å². The Hall–Kier alpha value is -4.20. The van der Waals surface area contributed by atoms with Crippen molar-refractivity contribution < 1.29 is 14.3 Å². The molecule has 3 N–H and O–H groups in total. The Labute approximate surface area is 190 Å². The van der Waals surface area contributed by atoms with Gasteiger partial charge in [-0.25, -0.2) is 0 Å². The first kappa shape index (κ1) is 20.7. The first-order valence-corrected chi connectivity index (χ1v) is 10.6. The third-order valence-corrected chi connectivity index (χ3v) is 6.24. The fourth-order valence-electron chi connectivity index (χ4n) is 4.13. The maximum absolute atomic E-state index is 12.5. The zero-order valence-electron chi connectivity index (χ0n) is 18.3. The number of nitrogens with two attached hydrogens (primary N) is 1. The molecular formula is C25H23N5O3. The topological polar surface area (TPSA) is 112 Å². The number of rotatable bonds is 6. The van der Waals surface area contributed by atoms with Gasteiger partial charge in [-0.05, 0) is 60.4 Å². The van der Waals surface area contributed by atoms with Gasteiger partial charge in [0.2, 0.25) is 11.8 Å². The second-order valence-electron chi connectivity index (χ2n) is 8.47. The van der Waals surface area contributed by atoms with Crippen molar-refractivity contribution in [3.63, 3.8) is 0 Å². The summed E-state index contributed by atoms with van der Waals surface area (Å²) in [5.41, 5.74) is 7.78. The Kier molecular flexibility index (Phi) is 4.85. The smallest absolute Gasteiger partial charge is 0.240 e. The highest BCUT2D eigenvalue weighted by molar-refractivity contribution is 6.13. The van der Waals surface area contributed by atoms with Crippen LogP contribution in [0.3, 0.4) is 0 Å². The number of ether oxygens (including phenoxy) is 1. The molecule has 0 saturated heterocycles. The number of aromatic nitrogens is 3. The Balaban J connectivity index is 1.33. The number of hydrogen-bond acceptors (Lipinski definition) is 5. The number of primary amides is 1. The number of hydrogen-bond donors (Lipinski definition) is 2. The summed E-state index contributed by atoms with van der Waals surface area (Å²) in [6.45, 7) is 1.85. The number of benzene rings is 2. The van der Waals surface area contributed by atoms with Gasteiger partial charge in [-0.2, -0.15) is 5.10 Å². The number of carbonyl (C=O) groups excluding carboxylic acids is 2. The number of amides is 2. The van der Waals surface area contributed by atoms with Crippen LogP contribution in [0.15, 0.2) is 67.1 Å². The van der Waals surface area contributed by atoms with Crippen LogP contribution in [-0.2, 0) is 16.6 Å². The van der Waals surface area contributed by atoms with Crippen LogP contribution in [0.25, 0.3) is 22.0 Å². The van der Waals surface area contributed by atoms with Crippen LogP contribution in [0.2, 0.25) is 0 Å². The minimum Gasteiger partial charge on any atom is -0.457 e. The van der Waals surface area contributed by atoms with E-state index >= 15 is 0 Å². The first-order chi connectivity index (χ1) is 15.9. The van der Waals surface area contributed by atoms with Crippen LogP contribution in [0.5, 0.6) is 11.5 Å². The van der Waals surface area contributed by atoms with Crippen molar-refractivity contribution in [2.24, 2.45) is 24.1 Å². The van der Waals surface area contributed by atoms with E-state index in [1.165, 1.54) is 0 Å². The molecule has 1 fully saturated rings. The summed E-state index contributed by atoms with van der Waals surface area (Å²) < 4.78 is 7.85. The van der Waals surface area contributed by atoms with Crippen molar-refractivity contribution in [1.29, 1.82) is 0 Å². The summed E-state index contributed by atoms with van der Waals surface area (Å²) in [6.07, 6.45) is 5.96. The molecule has 0 aliphatic heterocycles. The molecule has 1 saturated carbocycles. The fraction of sp³-hybridized carbons (Fsp3) is 0.200. The lowest BCUT2D eigenvalue weighted by Gasteiger charge is -2.14. The van der Waals surface area contributed by atoms with Crippen molar-refractivity contribution in [1.82, 2.24) is 14.8 Å². The fourth-order valence-corrected chi connectivity index (χ4v) is 4.13. The van der Waals surface area contributed by atoms with Gasteiger partial charge in [-0.3, -0.25) is 19.3 Å². The third-order valence-electron chi connectivity index (χ3n) is 6.24. The van der Waals surface area contributed by atoms with Crippen molar-refractivity contribution in [2.45, 2.75) is 13.3 Å². The van der Waals surface area contributed by atoms with Gasteiger partial charge >= 0.3 is 0 Å². The number of carbonyl (C=O) groups is 2. The molecule has 2 atom stereocenters. The van der Waals surface area contributed by atoms with E-state index < -0.39 is 11.3 Å². The van der Waals surface area contributed by atoms with E-state index in [0.29, 0.717) is 23.6 Å². The molecule has 1 aliphatic carbocycles. The number of fused-ring (bicyclic) bond motifs is 1. The van der Waals surface area contributed by atoms with Crippen molar-refractivity contribution in [3.05, 3.63) is 67.1 Å². The molecule has 2 aromatic heterocycles. The van der Waals surface area contributed by atoms with Gasteiger partial charge in [-0.1, -0.05) is 13.0 Å². The second-order valence-corrected chi connectivity index (χ2v) is 8.47. The van der Waals surface area contributed by atoms with Crippen LogP contribution in [-0.4, -0.2) is 26.6 Å². The highest BCUT2D eigenvalue weighted by Gasteiger charge is 2.62. The molecule has 2 heterocycles. The third kappa shape index (κ3) is 3.69. The molecule has 33 heavy (non-hydrogen) atoms. The number of aryl methyl sites for hydroxylation is 1. The molecule has 2 unspecified atom stereocenters. The van der Waals surface area contributed by atoms with Crippen LogP contribution >= 0.6 is 0 Å². The SMILES string of the molecule is CC1CC1(C(N)=O)C(=O)Nc1ccc(Oc2ccnc3cc(-c4cnn(C)c4)ccc23)cc1. The van der Waals surface area contributed by atoms with E-state index in [2.05, 4.69) is 15.4 Å². The van der Waals surface area contributed by atoms with Gasteiger partial charge in [0.05, 0.1) is 11.7 Å². The molecule has 0 spiro atoms. The van der Waals surface area contributed by atoms with E-state index in [-0.39, 0.29) is 11.8 Å². The Morgan fingerprint density at radius 3 is 2.55 bits per heavy atom. The summed E-state index contributed by atoms with van der Waals surface area (Å²) in [7, 11) is 1.88. The lowest BCUT2D eigenvalue weighted by molar-refractivity contribution is -0.132. The van der Waals surface area contributed by atoms with Gasteiger partial charge in [0.25, 0.3) is 0 Å². The predicted molar refractivity (Wildman–Crippen MR) is 124 cm³/mol. The van der Waals surface area contributed by atoms with Crippen LogP contribution in [0, 0.1) is 11.3 Å². The Morgan fingerprint density at radius 1 is 1.15 bits per heavy atom. The van der Waals surface area contributed by atoms with Gasteiger partial charge in [0, 0.05) is 36.1 Å². The zero-order valence-corrected chi connectivity index (χ0v) is 18.3. The molecule has 8 nitrogen and oxygen atoms in total. The maximum atomic E-state index is 12.5. The minimum atomic E-state index is -1.10. The average molecular weight is 441 g/mol. The lowest BCUT2D eigenvalue weighted by atomic mass is 10.0. The summed E-state index contributed by atoms with van der Waals surface area (Å²) in [5, 5.41) is 7.89. The largest absolute Gasteiger partial charge is 0.457 e. The number of pyridine rings is 1. The summed E-state index contributed by atoms with van der Waals surface area (Å²) in [5.74, 6) is 0.302. The standard InChI is InChI=1S/C25H23N5O3/c1-15-12-25(15,23(26)31)24(32)29-18-4-6-19(7-5-18)33-22-9-10-27-21-11-16(3-8-20(21)22)17-13-28-30(2)14-17/h3-11,13-15H,12H2,1-2H3,(H2,26,31)(H,29,32). The van der Waals surface area contributed by atoms with Crippen LogP contribution in [0.4, 0.5) is 5.69 Å². The number of nitrogens with one attached hydrogen (secondary N) is 1.